The van der Waals surface area contributed by atoms with Crippen molar-refractivity contribution in [2.75, 3.05) is 0 Å². The van der Waals surface area contributed by atoms with Crippen LogP contribution in [0, 0.1) is 0 Å². The van der Waals surface area contributed by atoms with Crippen molar-refractivity contribution in [1.82, 2.24) is 9.47 Å². The highest BCUT2D eigenvalue weighted by Gasteiger charge is 2.35. The van der Waals surface area contributed by atoms with Gasteiger partial charge in [0.25, 0.3) is 11.8 Å². The molecule has 2 amide bonds. The topological polar surface area (TPSA) is 96.7 Å². The molecule has 0 aliphatic carbocycles. The molecule has 0 atom stereocenters. The molecule has 2 heterocycles. The van der Waals surface area contributed by atoms with Gasteiger partial charge in [-0.15, -0.1) is 0 Å². The molecule has 0 saturated heterocycles. The molecule has 1 aliphatic rings. The number of ketones is 1. The molecule has 1 aromatic heterocycles. The molecule has 0 unspecified atom stereocenters. The van der Waals surface area contributed by atoms with Crippen LogP contribution in [0.3, 0.4) is 0 Å². The van der Waals surface area contributed by atoms with Crippen LogP contribution < -0.4 is 0 Å². The van der Waals surface area contributed by atoms with Crippen LogP contribution in [0.4, 0.5) is 0 Å². The maximum Gasteiger partial charge on any atom is 0.261 e. The molecule has 1 aliphatic heterocycles. The van der Waals surface area contributed by atoms with Gasteiger partial charge in [-0.05, 0) is 23.8 Å². The summed E-state index contributed by atoms with van der Waals surface area (Å²) in [6.07, 6.45) is 0. The predicted molar refractivity (Wildman–Crippen MR) is 120 cm³/mol. The molecule has 5 rings (SSSR count). The van der Waals surface area contributed by atoms with E-state index < -0.39 is 17.6 Å². The van der Waals surface area contributed by atoms with E-state index in [2.05, 4.69) is 0 Å². The van der Waals surface area contributed by atoms with Gasteiger partial charge in [0.1, 0.15) is 0 Å². The summed E-state index contributed by atoms with van der Waals surface area (Å²) in [5, 5.41) is 11.1. The predicted octanol–water partition coefficient (Wildman–Crippen LogP) is 4.03. The monoisotopic (exact) mass is 438 g/mol. The number of carbonyl (C=O) groups excluding carboxylic acids is 4. The summed E-state index contributed by atoms with van der Waals surface area (Å²) in [6.45, 7) is 1.39. The van der Waals surface area contributed by atoms with Gasteiger partial charge in [0.2, 0.25) is 11.8 Å². The molecule has 7 nitrogen and oxygen atoms in total. The van der Waals surface area contributed by atoms with E-state index in [1.54, 1.807) is 72.8 Å². The Hall–Kier alpha value is -4.52. The lowest BCUT2D eigenvalue weighted by molar-refractivity contribution is 0.0641. The largest absolute Gasteiger partial charge is 0.494 e. The molecule has 0 radical (unpaired) electrons. The van der Waals surface area contributed by atoms with Crippen LogP contribution in [0.1, 0.15) is 53.9 Å². The van der Waals surface area contributed by atoms with Crippen molar-refractivity contribution in [2.24, 2.45) is 0 Å². The van der Waals surface area contributed by atoms with Crippen LogP contribution in [-0.4, -0.2) is 38.1 Å². The van der Waals surface area contributed by atoms with E-state index in [1.807, 2.05) is 0 Å². The number of hydrogen-bond acceptors (Lipinski definition) is 5. The molecule has 3 aromatic carbocycles. The fraction of sp³-hybridized carbons (Fsp3) is 0.0769. The molecule has 162 valence electrons. The van der Waals surface area contributed by atoms with Gasteiger partial charge in [-0.1, -0.05) is 54.6 Å². The van der Waals surface area contributed by atoms with E-state index in [9.17, 15) is 24.3 Å². The number of rotatable bonds is 4. The third-order valence-electron chi connectivity index (χ3n) is 5.83. The number of aromatic nitrogens is 1. The standard InChI is InChI=1S/C26H18N2O5/c1-15(29)28-21-9-5-4-8-20(21)22(26(28)33)23(30)17-12-10-16(11-13-17)14-27-24(31)18-6-2-3-7-19(18)25(27)32/h2-13,33H,14H2,1H3. The van der Waals surface area contributed by atoms with Crippen LogP contribution in [0.25, 0.3) is 10.9 Å². The highest BCUT2D eigenvalue weighted by Crippen LogP contribution is 2.33. The number of benzene rings is 3. The first-order valence-corrected chi connectivity index (χ1v) is 10.3. The van der Waals surface area contributed by atoms with Crippen molar-refractivity contribution in [3.63, 3.8) is 0 Å². The SMILES string of the molecule is CC(=O)n1c(O)c(C(=O)c2ccc(CN3C(=O)c4ccccc4C3=O)cc2)c2ccccc21. The van der Waals surface area contributed by atoms with Crippen molar-refractivity contribution in [3.8, 4) is 5.88 Å². The third-order valence-corrected chi connectivity index (χ3v) is 5.83. The Morgan fingerprint density at radius 3 is 2.00 bits per heavy atom. The van der Waals surface area contributed by atoms with Crippen LogP contribution in [0.5, 0.6) is 5.88 Å². The third kappa shape index (κ3) is 3.13. The number of aromatic hydroxyl groups is 1. The van der Waals surface area contributed by atoms with E-state index in [-0.39, 0.29) is 23.9 Å². The highest BCUT2D eigenvalue weighted by atomic mass is 16.3. The van der Waals surface area contributed by atoms with Gasteiger partial charge in [-0.25, -0.2) is 0 Å². The zero-order valence-corrected chi connectivity index (χ0v) is 17.6. The molecule has 4 aromatic rings. The maximum absolute atomic E-state index is 13.2. The number of amides is 2. The molecule has 0 spiro atoms. The van der Waals surface area contributed by atoms with Crippen molar-refractivity contribution < 1.29 is 24.3 Å². The molecular weight excluding hydrogens is 420 g/mol. The first-order valence-electron chi connectivity index (χ1n) is 10.3. The Labute approximate surface area is 188 Å². The van der Waals surface area contributed by atoms with Gasteiger partial charge in [0, 0.05) is 17.9 Å². The summed E-state index contributed by atoms with van der Waals surface area (Å²) in [5.41, 5.74) is 2.25. The molecule has 0 saturated carbocycles. The quantitative estimate of drug-likeness (QED) is 0.383. The molecule has 0 bridgehead atoms. The van der Waals surface area contributed by atoms with Crippen molar-refractivity contribution in [3.05, 3.63) is 101 Å². The minimum atomic E-state index is -0.434. The van der Waals surface area contributed by atoms with Crippen molar-refractivity contribution >= 4 is 34.4 Å². The van der Waals surface area contributed by atoms with Gasteiger partial charge in [0.15, 0.2) is 5.78 Å². The first-order chi connectivity index (χ1) is 15.9. The normalized spacial score (nSPS) is 12.9. The maximum atomic E-state index is 13.2. The smallest absolute Gasteiger partial charge is 0.261 e. The van der Waals surface area contributed by atoms with Crippen LogP contribution in [-0.2, 0) is 6.54 Å². The van der Waals surface area contributed by atoms with Crippen LogP contribution in [0.2, 0.25) is 0 Å². The minimum absolute atomic E-state index is 0.0499. The van der Waals surface area contributed by atoms with E-state index >= 15 is 0 Å². The second-order valence-corrected chi connectivity index (χ2v) is 7.84. The van der Waals surface area contributed by atoms with E-state index in [1.165, 1.54) is 11.8 Å². The fourth-order valence-electron chi connectivity index (χ4n) is 4.24. The Morgan fingerprint density at radius 1 is 0.818 bits per heavy atom. The number of carbonyl (C=O) groups is 4. The summed E-state index contributed by atoms with van der Waals surface area (Å²) in [4.78, 5) is 51.6. The zero-order chi connectivity index (χ0) is 23.3. The molecule has 0 fully saturated rings. The van der Waals surface area contributed by atoms with Gasteiger partial charge < -0.3 is 5.11 Å². The van der Waals surface area contributed by atoms with Gasteiger partial charge in [-0.2, -0.15) is 0 Å². The lowest BCUT2D eigenvalue weighted by atomic mass is 10.0. The molecular formula is C26H18N2O5. The summed E-state index contributed by atoms with van der Waals surface area (Å²) >= 11 is 0. The van der Waals surface area contributed by atoms with Crippen LogP contribution >= 0.6 is 0 Å². The van der Waals surface area contributed by atoms with E-state index in [4.69, 9.17) is 0 Å². The summed E-state index contributed by atoms with van der Waals surface area (Å²) < 4.78 is 1.11. The van der Waals surface area contributed by atoms with Crippen molar-refractivity contribution in [2.45, 2.75) is 13.5 Å². The minimum Gasteiger partial charge on any atom is -0.494 e. The summed E-state index contributed by atoms with van der Waals surface area (Å²) in [5.74, 6) is -1.94. The van der Waals surface area contributed by atoms with Gasteiger partial charge in [-0.3, -0.25) is 28.6 Å². The number of nitrogens with zero attached hydrogens (tertiary/aromatic N) is 2. The number of para-hydroxylation sites is 1. The average Bonchev–Trinajstić information content (AvgIpc) is 3.25. The molecule has 1 N–H and O–H groups in total. The number of hydrogen-bond donors (Lipinski definition) is 1. The van der Waals surface area contributed by atoms with E-state index in [0.717, 1.165) is 4.57 Å². The average molecular weight is 438 g/mol. The number of fused-ring (bicyclic) bond motifs is 2. The molecule has 33 heavy (non-hydrogen) atoms. The van der Waals surface area contributed by atoms with Crippen molar-refractivity contribution in [1.29, 1.82) is 0 Å². The second kappa shape index (κ2) is 7.56. The summed E-state index contributed by atoms with van der Waals surface area (Å²) in [6, 6.07) is 20.0. The lowest BCUT2D eigenvalue weighted by Crippen LogP contribution is -2.29. The first kappa shape index (κ1) is 20.4. The molecule has 7 heteroatoms. The van der Waals surface area contributed by atoms with Gasteiger partial charge >= 0.3 is 0 Å². The highest BCUT2D eigenvalue weighted by molar-refractivity contribution is 6.21. The van der Waals surface area contributed by atoms with Gasteiger partial charge in [0.05, 0.1) is 28.8 Å². The van der Waals surface area contributed by atoms with Crippen LogP contribution in [0.15, 0.2) is 72.8 Å². The Morgan fingerprint density at radius 2 is 1.39 bits per heavy atom. The Kier molecular flexibility index (Phi) is 4.67. The Bertz CT molecular complexity index is 1450. The summed E-state index contributed by atoms with van der Waals surface area (Å²) in [7, 11) is 0. The number of imide groups is 1. The Balaban J connectivity index is 1.44. The second-order valence-electron chi connectivity index (χ2n) is 7.84. The zero-order valence-electron chi connectivity index (χ0n) is 17.6. The fourth-order valence-corrected chi connectivity index (χ4v) is 4.24. The van der Waals surface area contributed by atoms with E-state index in [0.29, 0.717) is 33.2 Å². The lowest BCUT2D eigenvalue weighted by Gasteiger charge is -2.14.